The lowest BCUT2D eigenvalue weighted by molar-refractivity contribution is -0.136. The maximum Gasteiger partial charge on any atom is 0.252 e. The Kier molecular flexibility index (Phi) is 16.4. The smallest absolute Gasteiger partial charge is 0.252 e. The van der Waals surface area contributed by atoms with E-state index in [4.69, 9.17) is 10.5 Å². The first-order chi connectivity index (χ1) is 22.1. The molecular weight excluding hydrogens is 584 g/mol. The van der Waals surface area contributed by atoms with Gasteiger partial charge in [-0.3, -0.25) is 19.4 Å². The summed E-state index contributed by atoms with van der Waals surface area (Å²) in [4.78, 5) is 43.2. The molecule has 0 aromatic carbocycles. The van der Waals surface area contributed by atoms with Gasteiger partial charge in [0, 0.05) is 49.8 Å². The van der Waals surface area contributed by atoms with Crippen molar-refractivity contribution in [2.75, 3.05) is 32.1 Å². The molecule has 12 nitrogen and oxygen atoms in total. The zero-order valence-corrected chi connectivity index (χ0v) is 29.1. The Morgan fingerprint density at radius 1 is 1.09 bits per heavy atom. The van der Waals surface area contributed by atoms with E-state index in [0.29, 0.717) is 30.0 Å². The SMILES string of the molecule is CC.CC.CC.CCC1CN(C(=O)C(C)(C)C#N)CC1Nc1c(C(N)=O)cnn2cc(-c3ccc(CNC(=O)COC)nc3)cc12. The van der Waals surface area contributed by atoms with Crippen LogP contribution in [0.15, 0.2) is 36.8 Å². The maximum absolute atomic E-state index is 13.0. The summed E-state index contributed by atoms with van der Waals surface area (Å²) in [6.45, 7) is 18.5. The molecule has 2 unspecified atom stereocenters. The summed E-state index contributed by atoms with van der Waals surface area (Å²) in [5.74, 6) is -0.946. The summed E-state index contributed by atoms with van der Waals surface area (Å²) in [6, 6.07) is 7.56. The third-order valence-corrected chi connectivity index (χ3v) is 7.20. The van der Waals surface area contributed by atoms with Gasteiger partial charge in [0.1, 0.15) is 12.0 Å². The predicted octanol–water partition coefficient (Wildman–Crippen LogP) is 5.04. The average Bonchev–Trinajstić information content (AvgIpc) is 3.71. The molecule has 3 amide bonds. The van der Waals surface area contributed by atoms with Gasteiger partial charge in [0.05, 0.1) is 41.3 Å². The fraction of sp³-hybridized carbons (Fsp3) is 0.529. The summed E-state index contributed by atoms with van der Waals surface area (Å²) >= 11 is 0. The lowest BCUT2D eigenvalue weighted by atomic mass is 9.94. The highest BCUT2D eigenvalue weighted by atomic mass is 16.5. The summed E-state index contributed by atoms with van der Waals surface area (Å²) in [5, 5.41) is 20.1. The molecule has 0 bridgehead atoms. The lowest BCUT2D eigenvalue weighted by Gasteiger charge is -2.24. The average molecular weight is 637 g/mol. The molecule has 0 saturated carbocycles. The van der Waals surface area contributed by atoms with Gasteiger partial charge >= 0.3 is 0 Å². The summed E-state index contributed by atoms with van der Waals surface area (Å²) in [5.41, 5.74) is 8.38. The highest BCUT2D eigenvalue weighted by molar-refractivity contribution is 6.02. The van der Waals surface area contributed by atoms with E-state index in [-0.39, 0.29) is 42.5 Å². The van der Waals surface area contributed by atoms with Crippen molar-refractivity contribution in [1.29, 1.82) is 5.26 Å². The third kappa shape index (κ3) is 9.75. The van der Waals surface area contributed by atoms with Crippen LogP contribution in [0.3, 0.4) is 0 Å². The van der Waals surface area contributed by atoms with Crippen LogP contribution in [0.5, 0.6) is 0 Å². The second-order valence-corrected chi connectivity index (χ2v) is 10.5. The van der Waals surface area contributed by atoms with Crippen molar-refractivity contribution in [2.24, 2.45) is 17.1 Å². The molecule has 1 fully saturated rings. The molecule has 1 saturated heterocycles. The van der Waals surface area contributed by atoms with Crippen LogP contribution in [-0.2, 0) is 20.9 Å². The number of ether oxygens (including phenoxy) is 1. The molecule has 1 aliphatic rings. The van der Waals surface area contributed by atoms with Gasteiger partial charge in [0.25, 0.3) is 5.91 Å². The number of methoxy groups -OCH3 is 1. The van der Waals surface area contributed by atoms with Gasteiger partial charge in [-0.25, -0.2) is 4.52 Å². The van der Waals surface area contributed by atoms with Gasteiger partial charge in [-0.05, 0) is 38.3 Å². The van der Waals surface area contributed by atoms with Gasteiger partial charge in [-0.15, -0.1) is 0 Å². The van der Waals surface area contributed by atoms with E-state index in [9.17, 15) is 19.6 Å². The van der Waals surface area contributed by atoms with Crippen molar-refractivity contribution in [3.8, 4) is 17.2 Å². The van der Waals surface area contributed by atoms with E-state index < -0.39 is 11.3 Å². The quantitative estimate of drug-likeness (QED) is 0.278. The largest absolute Gasteiger partial charge is 0.378 e. The standard InChI is InChI=1S/C28H34N8O4.3C2H6/c1-5-17-12-35(27(39)28(2,3)16-29)14-22(17)34-25-21(26(30)38)11-33-36-13-19(8-23(25)36)18-6-7-20(31-9-18)10-32-24(37)15-40-4;3*1-2/h6-9,11,13,17,22,34H,5,10,12,14-15H2,1-4H3,(H2,30,38)(H,32,37);3*1-2H3. The fourth-order valence-electron chi connectivity index (χ4n) is 4.87. The van der Waals surface area contributed by atoms with Crippen LogP contribution in [0.2, 0.25) is 0 Å². The number of hydrogen-bond donors (Lipinski definition) is 3. The number of hydrogen-bond acceptors (Lipinski definition) is 8. The van der Waals surface area contributed by atoms with Crippen LogP contribution in [0, 0.1) is 22.7 Å². The Hall–Kier alpha value is -4.50. The van der Waals surface area contributed by atoms with Crippen LogP contribution in [0.25, 0.3) is 16.6 Å². The van der Waals surface area contributed by atoms with E-state index in [1.807, 2.05) is 65.9 Å². The molecule has 3 aromatic rings. The number of nitrogens with two attached hydrogens (primary N) is 1. The molecule has 0 aliphatic carbocycles. The number of nitrogens with one attached hydrogen (secondary N) is 2. The van der Waals surface area contributed by atoms with Crippen molar-refractivity contribution in [2.45, 2.75) is 81.3 Å². The van der Waals surface area contributed by atoms with Crippen molar-refractivity contribution in [1.82, 2.24) is 24.8 Å². The summed E-state index contributed by atoms with van der Waals surface area (Å²) < 4.78 is 6.48. The van der Waals surface area contributed by atoms with Crippen LogP contribution in [0.1, 0.15) is 84.8 Å². The molecule has 4 heterocycles. The second kappa shape index (κ2) is 19.1. The van der Waals surface area contributed by atoms with Crippen LogP contribution >= 0.6 is 0 Å². The molecule has 4 rings (SSSR count). The minimum Gasteiger partial charge on any atom is -0.378 e. The number of rotatable bonds is 10. The zero-order valence-electron chi connectivity index (χ0n) is 29.1. The fourth-order valence-corrected chi connectivity index (χ4v) is 4.87. The number of primary amides is 1. The number of anilines is 1. The van der Waals surface area contributed by atoms with E-state index in [0.717, 1.165) is 17.5 Å². The Labute approximate surface area is 273 Å². The van der Waals surface area contributed by atoms with Crippen molar-refractivity contribution < 1.29 is 19.1 Å². The van der Waals surface area contributed by atoms with E-state index >= 15 is 0 Å². The first-order valence-electron chi connectivity index (χ1n) is 16.1. The summed E-state index contributed by atoms with van der Waals surface area (Å²) in [6.07, 6.45) is 5.78. The number of nitriles is 1. The second-order valence-electron chi connectivity index (χ2n) is 10.5. The number of aromatic nitrogens is 3. The Balaban J connectivity index is 0.00000166. The van der Waals surface area contributed by atoms with Gasteiger partial charge in [0.15, 0.2) is 0 Å². The van der Waals surface area contributed by atoms with E-state index in [1.54, 1.807) is 29.5 Å². The highest BCUT2D eigenvalue weighted by Gasteiger charge is 2.40. The number of carbonyl (C=O) groups excluding carboxylic acids is 3. The molecule has 1 aliphatic heterocycles. The van der Waals surface area contributed by atoms with Gasteiger partial charge < -0.3 is 26.0 Å². The molecule has 0 radical (unpaired) electrons. The van der Waals surface area contributed by atoms with Crippen molar-refractivity contribution in [3.05, 3.63) is 48.0 Å². The molecular formula is C34H52N8O4. The first kappa shape index (κ1) is 39.5. The molecule has 4 N–H and O–H groups in total. The van der Waals surface area contributed by atoms with Crippen LogP contribution in [0.4, 0.5) is 5.69 Å². The normalized spacial score (nSPS) is 15.2. The zero-order chi connectivity index (χ0) is 35.0. The van der Waals surface area contributed by atoms with Crippen molar-refractivity contribution in [3.63, 3.8) is 0 Å². The highest BCUT2D eigenvalue weighted by Crippen LogP contribution is 2.32. The predicted molar refractivity (Wildman–Crippen MR) is 182 cm³/mol. The molecule has 12 heteroatoms. The van der Waals surface area contributed by atoms with Crippen LogP contribution < -0.4 is 16.4 Å². The molecule has 46 heavy (non-hydrogen) atoms. The Morgan fingerprint density at radius 2 is 1.76 bits per heavy atom. The van der Waals surface area contributed by atoms with Gasteiger partial charge in [-0.2, -0.15) is 10.4 Å². The van der Waals surface area contributed by atoms with Gasteiger partial charge in [0.2, 0.25) is 11.8 Å². The molecule has 0 spiro atoms. The summed E-state index contributed by atoms with van der Waals surface area (Å²) in [7, 11) is 1.46. The number of nitrogens with zero attached hydrogens (tertiary/aromatic N) is 5. The lowest BCUT2D eigenvalue weighted by Crippen LogP contribution is -2.40. The minimum absolute atomic E-state index is 0.0158. The first-order valence-corrected chi connectivity index (χ1v) is 16.1. The number of likely N-dealkylation sites (tertiary alicyclic amines) is 1. The number of pyridine rings is 1. The maximum atomic E-state index is 13.0. The Morgan fingerprint density at radius 3 is 2.30 bits per heavy atom. The number of amides is 3. The van der Waals surface area contributed by atoms with E-state index in [1.165, 1.54) is 13.3 Å². The van der Waals surface area contributed by atoms with Gasteiger partial charge in [-0.1, -0.05) is 54.5 Å². The number of carbonyl (C=O) groups is 3. The Bertz CT molecular complexity index is 1460. The minimum atomic E-state index is -1.12. The number of fused-ring (bicyclic) bond motifs is 1. The van der Waals surface area contributed by atoms with Crippen LogP contribution in [-0.4, -0.2) is 70.1 Å². The molecule has 2 atom stereocenters. The third-order valence-electron chi connectivity index (χ3n) is 7.20. The topological polar surface area (TPSA) is 168 Å². The molecule has 252 valence electrons. The van der Waals surface area contributed by atoms with E-state index in [2.05, 4.69) is 33.7 Å². The molecule has 3 aromatic heterocycles. The monoisotopic (exact) mass is 636 g/mol. The van der Waals surface area contributed by atoms with Crippen molar-refractivity contribution >= 4 is 28.9 Å².